The van der Waals surface area contributed by atoms with Gasteiger partial charge >= 0.3 is 0 Å². The summed E-state index contributed by atoms with van der Waals surface area (Å²) in [6.45, 7) is 0. The minimum atomic E-state index is -0.214. The molecule has 4 aromatic rings. The third-order valence-electron chi connectivity index (χ3n) is 4.65. The second-order valence-electron chi connectivity index (χ2n) is 6.36. The summed E-state index contributed by atoms with van der Waals surface area (Å²) < 4.78 is 23.2. The molecule has 0 atom stereocenters. The molecule has 0 fully saturated rings. The number of furan rings is 1. The largest absolute Gasteiger partial charge is 0.493 e. The van der Waals surface area contributed by atoms with Crippen LogP contribution in [-0.2, 0) is 0 Å². The van der Waals surface area contributed by atoms with Crippen molar-refractivity contribution in [2.24, 2.45) is 0 Å². The number of rotatable bonds is 6. The summed E-state index contributed by atoms with van der Waals surface area (Å²) in [4.78, 5) is 18.1. The third-order valence-corrected chi connectivity index (χ3v) is 4.65. The van der Waals surface area contributed by atoms with E-state index in [1.54, 1.807) is 48.7 Å². The van der Waals surface area contributed by atoms with Crippen molar-refractivity contribution >= 4 is 23.1 Å². The van der Waals surface area contributed by atoms with Crippen LogP contribution in [0.15, 0.2) is 64.0 Å². The van der Waals surface area contributed by atoms with Crippen molar-refractivity contribution in [2.45, 2.75) is 0 Å². The Bertz CT molecular complexity index is 1250. The molecule has 0 bridgehead atoms. The predicted octanol–water partition coefficient (Wildman–Crippen LogP) is 4.17. The molecule has 2 aromatic heterocycles. The quantitative estimate of drug-likeness (QED) is 0.480. The summed E-state index contributed by atoms with van der Waals surface area (Å²) in [5.41, 5.74) is 0.922. The van der Waals surface area contributed by atoms with Crippen LogP contribution in [0.4, 0.5) is 0 Å². The SMILES string of the molecule is COc1cc(-n2c(/C=C/c3ccco3)nc3ccccc3c2=O)cc(OC)c1OC. The van der Waals surface area contributed by atoms with Gasteiger partial charge in [0, 0.05) is 12.1 Å². The first-order valence-electron chi connectivity index (χ1n) is 9.20. The molecule has 0 amide bonds. The van der Waals surface area contributed by atoms with Gasteiger partial charge in [-0.05, 0) is 36.4 Å². The summed E-state index contributed by atoms with van der Waals surface area (Å²) in [6, 6.07) is 14.2. The second-order valence-corrected chi connectivity index (χ2v) is 6.36. The Morgan fingerprint density at radius 1 is 0.933 bits per heavy atom. The zero-order valence-corrected chi connectivity index (χ0v) is 16.8. The Kier molecular flexibility index (Phi) is 5.26. The Morgan fingerprint density at radius 3 is 2.30 bits per heavy atom. The van der Waals surface area contributed by atoms with Gasteiger partial charge in [0.1, 0.15) is 11.6 Å². The molecule has 4 rings (SSSR count). The molecule has 0 aliphatic carbocycles. The smallest absolute Gasteiger partial charge is 0.266 e. The van der Waals surface area contributed by atoms with E-state index in [-0.39, 0.29) is 5.56 Å². The fraction of sp³-hybridized carbons (Fsp3) is 0.130. The van der Waals surface area contributed by atoms with E-state index in [2.05, 4.69) is 4.98 Å². The monoisotopic (exact) mass is 404 g/mol. The average Bonchev–Trinajstić information content (AvgIpc) is 3.30. The predicted molar refractivity (Wildman–Crippen MR) is 115 cm³/mol. The van der Waals surface area contributed by atoms with Crippen LogP contribution in [0.3, 0.4) is 0 Å². The number of ether oxygens (including phenoxy) is 3. The van der Waals surface area contributed by atoms with E-state index in [0.717, 1.165) is 0 Å². The Morgan fingerprint density at radius 2 is 1.67 bits per heavy atom. The molecule has 0 aliphatic heterocycles. The number of hydrogen-bond acceptors (Lipinski definition) is 6. The first kappa shape index (κ1) is 19.3. The molecule has 0 spiro atoms. The average molecular weight is 404 g/mol. The van der Waals surface area contributed by atoms with E-state index < -0.39 is 0 Å². The highest BCUT2D eigenvalue weighted by Gasteiger charge is 2.18. The van der Waals surface area contributed by atoms with Crippen molar-refractivity contribution in [3.63, 3.8) is 0 Å². The number of aromatic nitrogens is 2. The molecule has 0 radical (unpaired) electrons. The van der Waals surface area contributed by atoms with Crippen LogP contribution in [0.5, 0.6) is 17.2 Å². The number of nitrogens with zero attached hydrogens (tertiary/aromatic N) is 2. The van der Waals surface area contributed by atoms with Gasteiger partial charge in [0.2, 0.25) is 5.75 Å². The van der Waals surface area contributed by atoms with Gasteiger partial charge in [-0.1, -0.05) is 12.1 Å². The second kappa shape index (κ2) is 8.16. The van der Waals surface area contributed by atoms with E-state index in [1.165, 1.54) is 25.9 Å². The van der Waals surface area contributed by atoms with Crippen molar-refractivity contribution in [3.05, 3.63) is 76.7 Å². The van der Waals surface area contributed by atoms with E-state index in [0.29, 0.717) is 45.4 Å². The summed E-state index contributed by atoms with van der Waals surface area (Å²) in [7, 11) is 4.59. The van der Waals surface area contributed by atoms with Crippen LogP contribution in [0.25, 0.3) is 28.7 Å². The highest BCUT2D eigenvalue weighted by Crippen LogP contribution is 2.39. The number of hydrogen-bond donors (Lipinski definition) is 0. The first-order valence-corrected chi connectivity index (χ1v) is 9.20. The first-order chi connectivity index (χ1) is 14.7. The lowest BCUT2D eigenvalue weighted by molar-refractivity contribution is 0.324. The zero-order chi connectivity index (χ0) is 21.1. The summed E-state index contributed by atoms with van der Waals surface area (Å²) in [6.07, 6.45) is 5.07. The van der Waals surface area contributed by atoms with Crippen molar-refractivity contribution < 1.29 is 18.6 Å². The summed E-state index contributed by atoms with van der Waals surface area (Å²) in [5, 5.41) is 0.501. The normalized spacial score (nSPS) is 11.2. The van der Waals surface area contributed by atoms with Gasteiger partial charge < -0.3 is 18.6 Å². The maximum atomic E-state index is 13.4. The minimum Gasteiger partial charge on any atom is -0.493 e. The lowest BCUT2D eigenvalue weighted by atomic mass is 10.2. The topological polar surface area (TPSA) is 75.7 Å². The molecule has 152 valence electrons. The van der Waals surface area contributed by atoms with Crippen LogP contribution < -0.4 is 19.8 Å². The molecule has 7 heteroatoms. The molecule has 30 heavy (non-hydrogen) atoms. The minimum absolute atomic E-state index is 0.214. The van der Waals surface area contributed by atoms with Crippen LogP contribution in [0.2, 0.25) is 0 Å². The van der Waals surface area contributed by atoms with Gasteiger partial charge in [-0.2, -0.15) is 0 Å². The molecule has 0 N–H and O–H groups in total. The Labute approximate surface area is 172 Å². The standard InChI is InChI=1S/C23H20N2O5/c1-27-19-13-15(14-20(28-2)22(19)29-3)25-21(11-10-16-7-6-12-30-16)24-18-9-5-4-8-17(18)23(25)26/h4-14H,1-3H3/b11-10+. The molecule has 0 aliphatic rings. The number of methoxy groups -OCH3 is 3. The van der Waals surface area contributed by atoms with E-state index in [1.807, 2.05) is 18.2 Å². The lowest BCUT2D eigenvalue weighted by Gasteiger charge is -2.16. The maximum absolute atomic E-state index is 13.4. The molecular weight excluding hydrogens is 384 g/mol. The third kappa shape index (κ3) is 3.41. The van der Waals surface area contributed by atoms with Gasteiger partial charge in [-0.15, -0.1) is 0 Å². The number of benzene rings is 2. The van der Waals surface area contributed by atoms with Crippen molar-refractivity contribution in [3.8, 4) is 22.9 Å². The molecule has 2 aromatic carbocycles. The highest BCUT2D eigenvalue weighted by atomic mass is 16.5. The molecule has 2 heterocycles. The zero-order valence-electron chi connectivity index (χ0n) is 16.8. The van der Waals surface area contributed by atoms with E-state index in [4.69, 9.17) is 18.6 Å². The van der Waals surface area contributed by atoms with Crippen LogP contribution in [0.1, 0.15) is 11.6 Å². The highest BCUT2D eigenvalue weighted by molar-refractivity contribution is 5.80. The molecule has 0 unspecified atom stereocenters. The van der Waals surface area contributed by atoms with Gasteiger partial charge in [0.15, 0.2) is 11.5 Å². The van der Waals surface area contributed by atoms with Crippen molar-refractivity contribution in [1.82, 2.24) is 9.55 Å². The molecule has 7 nitrogen and oxygen atoms in total. The maximum Gasteiger partial charge on any atom is 0.266 e. The van der Waals surface area contributed by atoms with Crippen molar-refractivity contribution in [1.29, 1.82) is 0 Å². The van der Waals surface area contributed by atoms with E-state index in [9.17, 15) is 4.79 Å². The van der Waals surface area contributed by atoms with Gasteiger partial charge in [-0.3, -0.25) is 9.36 Å². The fourth-order valence-corrected chi connectivity index (χ4v) is 3.25. The number of fused-ring (bicyclic) bond motifs is 1. The summed E-state index contributed by atoms with van der Waals surface area (Å²) >= 11 is 0. The molecular formula is C23H20N2O5. The Hall–Kier alpha value is -4.00. The molecule has 0 saturated carbocycles. The number of para-hydroxylation sites is 1. The Balaban J connectivity index is 2.01. The van der Waals surface area contributed by atoms with Crippen LogP contribution >= 0.6 is 0 Å². The van der Waals surface area contributed by atoms with Crippen molar-refractivity contribution in [2.75, 3.05) is 21.3 Å². The lowest BCUT2D eigenvalue weighted by Crippen LogP contribution is -2.22. The fourth-order valence-electron chi connectivity index (χ4n) is 3.25. The van der Waals surface area contributed by atoms with Gasteiger partial charge in [0.05, 0.1) is 44.2 Å². The van der Waals surface area contributed by atoms with Crippen LogP contribution in [0, 0.1) is 0 Å². The molecule has 0 saturated heterocycles. The van der Waals surface area contributed by atoms with Crippen LogP contribution in [-0.4, -0.2) is 30.9 Å². The summed E-state index contributed by atoms with van der Waals surface area (Å²) in [5.74, 6) is 2.40. The van der Waals surface area contributed by atoms with Gasteiger partial charge in [0.25, 0.3) is 5.56 Å². The van der Waals surface area contributed by atoms with Gasteiger partial charge in [-0.25, -0.2) is 4.98 Å². The van der Waals surface area contributed by atoms with E-state index >= 15 is 0 Å².